The van der Waals surface area contributed by atoms with Gasteiger partial charge in [0.15, 0.2) is 0 Å². The molecule has 0 aliphatic carbocycles. The lowest BCUT2D eigenvalue weighted by Gasteiger charge is -2.10. The quantitative estimate of drug-likeness (QED) is 0.219. The second-order valence-electron chi connectivity index (χ2n) is 10.4. The van der Waals surface area contributed by atoms with Crippen molar-refractivity contribution < 1.29 is 4.42 Å². The van der Waals surface area contributed by atoms with Crippen molar-refractivity contribution in [1.82, 2.24) is 4.57 Å². The largest absolute Gasteiger partial charge is 0.456 e. The lowest BCUT2D eigenvalue weighted by molar-refractivity contribution is 0.669. The first-order valence-electron chi connectivity index (χ1n) is 13.6. The van der Waals surface area contributed by atoms with Crippen molar-refractivity contribution in [1.29, 1.82) is 5.26 Å². The van der Waals surface area contributed by atoms with Crippen molar-refractivity contribution in [3.63, 3.8) is 0 Å². The Hall–Kier alpha value is -5.37. The van der Waals surface area contributed by atoms with Crippen molar-refractivity contribution in [2.45, 2.75) is 0 Å². The lowest BCUT2D eigenvalue weighted by atomic mass is 9.96. The van der Waals surface area contributed by atoms with Crippen LogP contribution >= 0.6 is 11.3 Å². The molecule has 0 saturated carbocycles. The molecule has 0 spiro atoms. The first kappa shape index (κ1) is 22.4. The second-order valence-corrected chi connectivity index (χ2v) is 11.4. The minimum Gasteiger partial charge on any atom is -0.456 e. The predicted molar refractivity (Wildman–Crippen MR) is 171 cm³/mol. The van der Waals surface area contributed by atoms with Crippen LogP contribution in [0.15, 0.2) is 126 Å². The summed E-state index contributed by atoms with van der Waals surface area (Å²) in [5.74, 6) is 0. The molecule has 0 amide bonds. The molecule has 3 heterocycles. The smallest absolute Gasteiger partial charge is 0.135 e. The van der Waals surface area contributed by atoms with Gasteiger partial charge in [-0.15, -0.1) is 11.3 Å². The molecule has 9 rings (SSSR count). The molecule has 190 valence electrons. The Labute approximate surface area is 238 Å². The normalized spacial score (nSPS) is 11.9. The number of para-hydroxylation sites is 3. The molecule has 0 unspecified atom stereocenters. The summed E-state index contributed by atoms with van der Waals surface area (Å²) in [5.41, 5.74) is 8.19. The molecule has 0 N–H and O–H groups in total. The zero-order valence-corrected chi connectivity index (χ0v) is 22.6. The van der Waals surface area contributed by atoms with Crippen molar-refractivity contribution >= 4 is 75.3 Å². The van der Waals surface area contributed by atoms with Crippen LogP contribution in [0.3, 0.4) is 0 Å². The highest BCUT2D eigenvalue weighted by molar-refractivity contribution is 7.26. The number of aromatic nitrogens is 1. The van der Waals surface area contributed by atoms with E-state index >= 15 is 0 Å². The van der Waals surface area contributed by atoms with Crippen LogP contribution in [0, 0.1) is 11.3 Å². The standard InChI is InChI=1S/C37H20N2OS/c38-21-23-16-18-24(22-17-19-34-29(20-22)27-10-3-6-15-33(27)40-34)35-28-11-7-14-32(37(28)41-36(23)35)39-30-12-4-1-8-25(30)26-9-2-5-13-31(26)39/h1-20H. The van der Waals surface area contributed by atoms with Gasteiger partial charge < -0.3 is 8.98 Å². The van der Waals surface area contributed by atoms with E-state index in [0.29, 0.717) is 5.56 Å². The average Bonchev–Trinajstić information content (AvgIpc) is 3.70. The van der Waals surface area contributed by atoms with Crippen molar-refractivity contribution in [3.8, 4) is 22.9 Å². The molecule has 0 atom stereocenters. The van der Waals surface area contributed by atoms with Gasteiger partial charge in [-0.2, -0.15) is 5.26 Å². The summed E-state index contributed by atoms with van der Waals surface area (Å²) < 4.78 is 10.7. The van der Waals surface area contributed by atoms with Crippen LogP contribution in [0.5, 0.6) is 0 Å². The molecule has 3 nitrogen and oxygen atoms in total. The van der Waals surface area contributed by atoms with E-state index in [0.717, 1.165) is 54.2 Å². The van der Waals surface area contributed by atoms with E-state index in [9.17, 15) is 5.26 Å². The second kappa shape index (κ2) is 8.32. The molecule has 6 aromatic carbocycles. The highest BCUT2D eigenvalue weighted by atomic mass is 32.1. The fraction of sp³-hybridized carbons (Fsp3) is 0. The maximum Gasteiger partial charge on any atom is 0.135 e. The minimum atomic E-state index is 0.702. The van der Waals surface area contributed by atoms with Crippen LogP contribution in [-0.2, 0) is 0 Å². The van der Waals surface area contributed by atoms with Gasteiger partial charge in [0.1, 0.15) is 17.2 Å². The Morgan fingerprint density at radius 1 is 0.585 bits per heavy atom. The van der Waals surface area contributed by atoms with Crippen LogP contribution < -0.4 is 0 Å². The molecule has 3 aromatic heterocycles. The number of hydrogen-bond donors (Lipinski definition) is 0. The SMILES string of the molecule is N#Cc1ccc(-c2ccc3oc4ccccc4c3c2)c2c1sc1c(-n3c4ccccc4c4ccccc43)cccc12. The lowest BCUT2D eigenvalue weighted by Crippen LogP contribution is -1.93. The van der Waals surface area contributed by atoms with Crippen LogP contribution in [-0.4, -0.2) is 4.57 Å². The van der Waals surface area contributed by atoms with Crippen LogP contribution in [0.4, 0.5) is 0 Å². The third-order valence-corrected chi connectivity index (χ3v) is 9.52. The molecule has 0 radical (unpaired) electrons. The number of rotatable bonds is 2. The van der Waals surface area contributed by atoms with E-state index in [1.807, 2.05) is 24.3 Å². The first-order chi connectivity index (χ1) is 20.3. The van der Waals surface area contributed by atoms with E-state index in [4.69, 9.17) is 4.42 Å². The average molecular weight is 541 g/mol. The molecule has 4 heteroatoms. The number of fused-ring (bicyclic) bond motifs is 9. The molecular formula is C37H20N2OS. The molecule has 0 aliphatic heterocycles. The molecule has 0 bridgehead atoms. The number of nitrogens with zero attached hydrogens (tertiary/aromatic N) is 2. The fourth-order valence-electron chi connectivity index (χ4n) is 6.47. The molecule has 41 heavy (non-hydrogen) atoms. The molecule has 0 saturated heterocycles. The Balaban J connectivity index is 1.38. The van der Waals surface area contributed by atoms with E-state index < -0.39 is 0 Å². The number of hydrogen-bond acceptors (Lipinski definition) is 3. The zero-order chi connectivity index (χ0) is 27.1. The van der Waals surface area contributed by atoms with Gasteiger partial charge in [0.25, 0.3) is 0 Å². The first-order valence-corrected chi connectivity index (χ1v) is 14.4. The Morgan fingerprint density at radius 3 is 2.05 bits per heavy atom. The number of thiophene rings is 1. The Bertz CT molecular complexity index is 2500. The summed E-state index contributed by atoms with van der Waals surface area (Å²) in [5, 5.41) is 17.1. The van der Waals surface area contributed by atoms with Gasteiger partial charge in [0.2, 0.25) is 0 Å². The van der Waals surface area contributed by atoms with Crippen molar-refractivity contribution in [3.05, 3.63) is 127 Å². The topological polar surface area (TPSA) is 41.9 Å². The summed E-state index contributed by atoms with van der Waals surface area (Å²) in [6, 6.07) is 44.8. The Kier molecular flexibility index (Phi) is 4.55. The maximum atomic E-state index is 10.1. The highest BCUT2D eigenvalue weighted by Crippen LogP contribution is 2.46. The maximum absolute atomic E-state index is 10.1. The summed E-state index contributed by atoms with van der Waals surface area (Å²) in [7, 11) is 0. The predicted octanol–water partition coefficient (Wildman–Crippen LogP) is 10.6. The highest BCUT2D eigenvalue weighted by Gasteiger charge is 2.20. The van der Waals surface area contributed by atoms with Crippen LogP contribution in [0.2, 0.25) is 0 Å². The van der Waals surface area contributed by atoms with E-state index in [-0.39, 0.29) is 0 Å². The molecule has 0 fully saturated rings. The third kappa shape index (κ3) is 3.07. The monoisotopic (exact) mass is 540 g/mol. The summed E-state index contributed by atoms with van der Waals surface area (Å²) in [6.45, 7) is 0. The summed E-state index contributed by atoms with van der Waals surface area (Å²) >= 11 is 1.71. The molecule has 0 aliphatic rings. The van der Waals surface area contributed by atoms with E-state index in [1.54, 1.807) is 11.3 Å². The molecule has 9 aromatic rings. The summed E-state index contributed by atoms with van der Waals surface area (Å²) in [6.07, 6.45) is 0. The minimum absolute atomic E-state index is 0.702. The number of benzene rings is 6. The summed E-state index contributed by atoms with van der Waals surface area (Å²) in [4.78, 5) is 0. The van der Waals surface area contributed by atoms with Crippen LogP contribution in [0.1, 0.15) is 5.56 Å². The van der Waals surface area contributed by atoms with E-state index in [1.165, 1.54) is 26.5 Å². The fourth-order valence-corrected chi connectivity index (χ4v) is 7.76. The van der Waals surface area contributed by atoms with Gasteiger partial charge in [-0.1, -0.05) is 78.9 Å². The Morgan fingerprint density at radius 2 is 1.27 bits per heavy atom. The van der Waals surface area contributed by atoms with Crippen molar-refractivity contribution in [2.24, 2.45) is 0 Å². The van der Waals surface area contributed by atoms with Gasteiger partial charge in [0.05, 0.1) is 31.7 Å². The molecular weight excluding hydrogens is 520 g/mol. The van der Waals surface area contributed by atoms with E-state index in [2.05, 4.69) is 108 Å². The van der Waals surface area contributed by atoms with Gasteiger partial charge in [-0.3, -0.25) is 0 Å². The van der Waals surface area contributed by atoms with Crippen molar-refractivity contribution in [2.75, 3.05) is 0 Å². The van der Waals surface area contributed by atoms with Gasteiger partial charge in [-0.05, 0) is 53.6 Å². The van der Waals surface area contributed by atoms with Gasteiger partial charge in [0, 0.05) is 32.3 Å². The third-order valence-electron chi connectivity index (χ3n) is 8.25. The van der Waals surface area contributed by atoms with Gasteiger partial charge in [-0.25, -0.2) is 0 Å². The van der Waals surface area contributed by atoms with Crippen LogP contribution in [0.25, 0.3) is 80.7 Å². The number of furan rings is 1. The number of nitriles is 1. The zero-order valence-electron chi connectivity index (χ0n) is 21.8. The van der Waals surface area contributed by atoms with Gasteiger partial charge >= 0.3 is 0 Å².